The van der Waals surface area contributed by atoms with E-state index in [1.807, 2.05) is 13.0 Å². The Balaban J connectivity index is 3.11. The Morgan fingerprint density at radius 2 is 2.20 bits per heavy atom. The fraction of sp³-hybridized carbons (Fsp3) is 0.417. The quantitative estimate of drug-likeness (QED) is 0.769. The molecule has 1 unspecified atom stereocenters. The number of aliphatic hydroxyl groups is 1. The van der Waals surface area contributed by atoms with Crippen LogP contribution in [0.4, 0.5) is 0 Å². The Labute approximate surface area is 89.7 Å². The van der Waals surface area contributed by atoms with Crippen LogP contribution in [0.1, 0.15) is 29.3 Å². The zero-order valence-electron chi connectivity index (χ0n) is 9.28. The third-order valence-electron chi connectivity index (χ3n) is 2.31. The predicted octanol–water partition coefficient (Wildman–Crippen LogP) is 1.96. The van der Waals surface area contributed by atoms with Crippen molar-refractivity contribution in [3.05, 3.63) is 29.3 Å². The van der Waals surface area contributed by atoms with Crippen molar-refractivity contribution in [1.29, 1.82) is 0 Å². The van der Waals surface area contributed by atoms with Crippen LogP contribution >= 0.6 is 0 Å². The van der Waals surface area contributed by atoms with Crippen molar-refractivity contribution in [3.63, 3.8) is 0 Å². The van der Waals surface area contributed by atoms with Gasteiger partial charge in [0.1, 0.15) is 11.9 Å². The van der Waals surface area contributed by atoms with Crippen molar-refractivity contribution in [2.24, 2.45) is 0 Å². The normalized spacial score (nSPS) is 12.3. The molecule has 0 aliphatic rings. The number of Topliss-reactive ketones (excluding diaryl/α,β-unsaturated/α-hetero) is 1. The van der Waals surface area contributed by atoms with Gasteiger partial charge in [0.2, 0.25) is 0 Å². The molecule has 15 heavy (non-hydrogen) atoms. The molecule has 0 spiro atoms. The molecule has 0 heterocycles. The van der Waals surface area contributed by atoms with Gasteiger partial charge in [-0.25, -0.2) is 0 Å². The SMILES string of the molecule is CCC(O)C(=O)c1cc(C)ccc1OC. The maximum absolute atomic E-state index is 11.8. The highest BCUT2D eigenvalue weighted by Gasteiger charge is 2.19. The van der Waals surface area contributed by atoms with Crippen LogP contribution in [0.25, 0.3) is 0 Å². The van der Waals surface area contributed by atoms with Crippen molar-refractivity contribution >= 4 is 5.78 Å². The second-order valence-corrected chi connectivity index (χ2v) is 3.49. The molecule has 1 aromatic rings. The summed E-state index contributed by atoms with van der Waals surface area (Å²) < 4.78 is 5.08. The van der Waals surface area contributed by atoms with E-state index in [1.165, 1.54) is 7.11 Å². The Kier molecular flexibility index (Phi) is 3.86. The minimum atomic E-state index is -0.944. The van der Waals surface area contributed by atoms with Crippen LogP contribution in [0.2, 0.25) is 0 Å². The Hall–Kier alpha value is -1.35. The topological polar surface area (TPSA) is 46.5 Å². The molecule has 1 aromatic carbocycles. The molecule has 1 rings (SSSR count). The lowest BCUT2D eigenvalue weighted by molar-refractivity contribution is 0.0737. The first-order valence-electron chi connectivity index (χ1n) is 4.97. The predicted molar refractivity (Wildman–Crippen MR) is 58.4 cm³/mol. The number of benzene rings is 1. The van der Waals surface area contributed by atoms with Crippen molar-refractivity contribution in [3.8, 4) is 5.75 Å². The molecular formula is C12H16O3. The molecule has 0 bridgehead atoms. The maximum atomic E-state index is 11.8. The minimum Gasteiger partial charge on any atom is -0.496 e. The summed E-state index contributed by atoms with van der Waals surface area (Å²) in [6.45, 7) is 3.67. The number of ether oxygens (including phenoxy) is 1. The second kappa shape index (κ2) is 4.94. The molecule has 3 heteroatoms. The van der Waals surface area contributed by atoms with Crippen molar-refractivity contribution in [1.82, 2.24) is 0 Å². The molecule has 0 aliphatic heterocycles. The average molecular weight is 208 g/mol. The number of methoxy groups -OCH3 is 1. The summed E-state index contributed by atoms with van der Waals surface area (Å²) in [5.41, 5.74) is 1.43. The van der Waals surface area contributed by atoms with Gasteiger partial charge < -0.3 is 9.84 Å². The molecule has 3 nitrogen and oxygen atoms in total. The van der Waals surface area contributed by atoms with Crippen LogP contribution in [0.15, 0.2) is 18.2 Å². The second-order valence-electron chi connectivity index (χ2n) is 3.49. The molecule has 1 atom stereocenters. The molecule has 0 aliphatic carbocycles. The van der Waals surface area contributed by atoms with E-state index in [4.69, 9.17) is 4.74 Å². The molecular weight excluding hydrogens is 192 g/mol. The van der Waals surface area contributed by atoms with E-state index in [2.05, 4.69) is 0 Å². The maximum Gasteiger partial charge on any atom is 0.194 e. The number of hydrogen-bond donors (Lipinski definition) is 1. The van der Waals surface area contributed by atoms with Gasteiger partial charge in [0.25, 0.3) is 0 Å². The van der Waals surface area contributed by atoms with Gasteiger partial charge in [-0.3, -0.25) is 4.79 Å². The molecule has 0 fully saturated rings. The van der Waals surface area contributed by atoms with Gasteiger partial charge >= 0.3 is 0 Å². The summed E-state index contributed by atoms with van der Waals surface area (Å²) in [4.78, 5) is 11.8. The molecule has 0 amide bonds. The van der Waals surface area contributed by atoms with Gasteiger partial charge in [0.15, 0.2) is 5.78 Å². The van der Waals surface area contributed by atoms with Crippen LogP contribution in [-0.4, -0.2) is 24.1 Å². The van der Waals surface area contributed by atoms with Gasteiger partial charge in [-0.05, 0) is 25.5 Å². The first-order valence-corrected chi connectivity index (χ1v) is 4.97. The smallest absolute Gasteiger partial charge is 0.194 e. The summed E-state index contributed by atoms with van der Waals surface area (Å²) in [5, 5.41) is 9.49. The monoisotopic (exact) mass is 208 g/mol. The summed E-state index contributed by atoms with van der Waals surface area (Å²) in [6, 6.07) is 5.35. The van der Waals surface area contributed by atoms with Crippen molar-refractivity contribution in [2.75, 3.05) is 7.11 Å². The van der Waals surface area contributed by atoms with Gasteiger partial charge in [-0.2, -0.15) is 0 Å². The van der Waals surface area contributed by atoms with Gasteiger partial charge in [0, 0.05) is 0 Å². The van der Waals surface area contributed by atoms with E-state index in [-0.39, 0.29) is 5.78 Å². The van der Waals surface area contributed by atoms with E-state index in [0.717, 1.165) is 5.56 Å². The van der Waals surface area contributed by atoms with Crippen molar-refractivity contribution in [2.45, 2.75) is 26.4 Å². The molecule has 82 valence electrons. The highest BCUT2D eigenvalue weighted by Crippen LogP contribution is 2.21. The van der Waals surface area contributed by atoms with E-state index >= 15 is 0 Å². The van der Waals surface area contributed by atoms with Crippen LogP contribution in [0, 0.1) is 6.92 Å². The van der Waals surface area contributed by atoms with Crippen LogP contribution in [0.5, 0.6) is 5.75 Å². The number of ketones is 1. The number of rotatable bonds is 4. The third-order valence-corrected chi connectivity index (χ3v) is 2.31. The fourth-order valence-electron chi connectivity index (χ4n) is 1.38. The van der Waals surface area contributed by atoms with Crippen molar-refractivity contribution < 1.29 is 14.6 Å². The van der Waals surface area contributed by atoms with Gasteiger partial charge in [-0.1, -0.05) is 18.6 Å². The molecule has 0 saturated heterocycles. The highest BCUT2D eigenvalue weighted by atomic mass is 16.5. The van der Waals surface area contributed by atoms with Crippen LogP contribution < -0.4 is 4.74 Å². The van der Waals surface area contributed by atoms with E-state index in [1.54, 1.807) is 19.1 Å². The third kappa shape index (κ3) is 2.57. The first kappa shape index (κ1) is 11.7. The lowest BCUT2D eigenvalue weighted by Gasteiger charge is -2.11. The number of aryl methyl sites for hydroxylation is 1. The Morgan fingerprint density at radius 1 is 1.53 bits per heavy atom. The zero-order chi connectivity index (χ0) is 11.4. The average Bonchev–Trinajstić information content (AvgIpc) is 2.27. The number of aliphatic hydroxyl groups excluding tert-OH is 1. The molecule has 1 N–H and O–H groups in total. The lowest BCUT2D eigenvalue weighted by atomic mass is 10.0. The first-order chi connectivity index (χ1) is 7.10. The Morgan fingerprint density at radius 3 is 2.73 bits per heavy atom. The Bertz CT molecular complexity index is 358. The van der Waals surface area contributed by atoms with Crippen LogP contribution in [-0.2, 0) is 0 Å². The summed E-state index contributed by atoms with van der Waals surface area (Å²) in [6.07, 6.45) is -0.531. The summed E-state index contributed by atoms with van der Waals surface area (Å²) >= 11 is 0. The standard InChI is InChI=1S/C12H16O3/c1-4-10(13)12(14)9-7-8(2)5-6-11(9)15-3/h5-7,10,13H,4H2,1-3H3. The van der Waals surface area contributed by atoms with Gasteiger partial charge in [-0.15, -0.1) is 0 Å². The fourth-order valence-corrected chi connectivity index (χ4v) is 1.38. The van der Waals surface area contributed by atoms with E-state index in [0.29, 0.717) is 17.7 Å². The number of carbonyl (C=O) groups is 1. The molecule has 0 radical (unpaired) electrons. The zero-order valence-corrected chi connectivity index (χ0v) is 9.28. The highest BCUT2D eigenvalue weighted by molar-refractivity contribution is 6.01. The lowest BCUT2D eigenvalue weighted by Crippen LogP contribution is -2.20. The number of carbonyl (C=O) groups excluding carboxylic acids is 1. The van der Waals surface area contributed by atoms with Crippen LogP contribution in [0.3, 0.4) is 0 Å². The molecule has 0 aromatic heterocycles. The minimum absolute atomic E-state index is 0.280. The van der Waals surface area contributed by atoms with E-state index < -0.39 is 6.10 Å². The summed E-state index contributed by atoms with van der Waals surface area (Å²) in [7, 11) is 1.51. The van der Waals surface area contributed by atoms with Gasteiger partial charge in [0.05, 0.1) is 12.7 Å². The largest absolute Gasteiger partial charge is 0.496 e. The summed E-state index contributed by atoms with van der Waals surface area (Å²) in [5.74, 6) is 0.233. The molecule has 0 saturated carbocycles. The number of hydrogen-bond acceptors (Lipinski definition) is 3. The van der Waals surface area contributed by atoms with E-state index in [9.17, 15) is 9.90 Å².